The van der Waals surface area contributed by atoms with Gasteiger partial charge in [0, 0.05) is 23.7 Å². The molecule has 0 radical (unpaired) electrons. The highest BCUT2D eigenvalue weighted by atomic mass is 16.5. The standard InChI is InChI=1S/C19H18N2O3/c1-12(22)13-6-4-8-15(10-13)20-19(23)16-11-14-7-5-9-17(24-3)18(14)21(16)2/h4-11H,1-3H3,(H,20,23). The largest absolute Gasteiger partial charge is 0.495 e. The number of nitrogens with one attached hydrogen (secondary N) is 1. The van der Waals surface area contributed by atoms with Gasteiger partial charge in [0.1, 0.15) is 11.4 Å². The summed E-state index contributed by atoms with van der Waals surface area (Å²) in [7, 11) is 3.43. The lowest BCUT2D eigenvalue weighted by Crippen LogP contribution is -2.15. The molecule has 5 nitrogen and oxygen atoms in total. The number of fused-ring (bicyclic) bond motifs is 1. The molecule has 0 fully saturated rings. The van der Waals surface area contributed by atoms with E-state index in [0.717, 1.165) is 10.9 Å². The summed E-state index contributed by atoms with van der Waals surface area (Å²) < 4.78 is 7.18. The van der Waals surface area contributed by atoms with E-state index in [2.05, 4.69) is 5.32 Å². The van der Waals surface area contributed by atoms with Gasteiger partial charge in [0.15, 0.2) is 5.78 Å². The lowest BCUT2D eigenvalue weighted by atomic mass is 10.1. The van der Waals surface area contributed by atoms with Crippen molar-refractivity contribution in [3.63, 3.8) is 0 Å². The van der Waals surface area contributed by atoms with E-state index in [1.807, 2.05) is 31.3 Å². The molecule has 1 aromatic heterocycles. The summed E-state index contributed by atoms with van der Waals surface area (Å²) in [6.07, 6.45) is 0. The minimum Gasteiger partial charge on any atom is -0.495 e. The Morgan fingerprint density at radius 3 is 2.54 bits per heavy atom. The molecule has 0 saturated heterocycles. The first kappa shape index (κ1) is 15.8. The second-order valence-corrected chi connectivity index (χ2v) is 5.58. The first-order valence-electron chi connectivity index (χ1n) is 7.56. The Bertz CT molecular complexity index is 941. The summed E-state index contributed by atoms with van der Waals surface area (Å²) in [5.41, 5.74) is 2.53. The van der Waals surface area contributed by atoms with Crippen molar-refractivity contribution in [1.82, 2.24) is 4.57 Å². The second-order valence-electron chi connectivity index (χ2n) is 5.58. The van der Waals surface area contributed by atoms with Crippen molar-refractivity contribution in [2.45, 2.75) is 6.92 Å². The van der Waals surface area contributed by atoms with Crippen LogP contribution in [0.5, 0.6) is 5.75 Å². The molecule has 5 heteroatoms. The highest BCUT2D eigenvalue weighted by Crippen LogP contribution is 2.28. The van der Waals surface area contributed by atoms with Crippen LogP contribution in [0.3, 0.4) is 0 Å². The van der Waals surface area contributed by atoms with Crippen LogP contribution in [-0.2, 0) is 7.05 Å². The molecular weight excluding hydrogens is 304 g/mol. The van der Waals surface area contributed by atoms with Gasteiger partial charge in [0.25, 0.3) is 5.91 Å². The van der Waals surface area contributed by atoms with E-state index in [1.165, 1.54) is 6.92 Å². The molecule has 0 bridgehead atoms. The molecule has 1 N–H and O–H groups in total. The van der Waals surface area contributed by atoms with Crippen LogP contribution in [0.2, 0.25) is 0 Å². The van der Waals surface area contributed by atoms with Crippen LogP contribution in [0.15, 0.2) is 48.5 Å². The van der Waals surface area contributed by atoms with E-state index in [9.17, 15) is 9.59 Å². The van der Waals surface area contributed by atoms with Crippen LogP contribution in [0.1, 0.15) is 27.8 Å². The fourth-order valence-electron chi connectivity index (χ4n) is 2.77. The molecule has 1 amide bonds. The highest BCUT2D eigenvalue weighted by Gasteiger charge is 2.16. The maximum absolute atomic E-state index is 12.6. The smallest absolute Gasteiger partial charge is 0.272 e. The third-order valence-corrected chi connectivity index (χ3v) is 4.00. The van der Waals surface area contributed by atoms with Crippen LogP contribution in [0.25, 0.3) is 10.9 Å². The monoisotopic (exact) mass is 322 g/mol. The van der Waals surface area contributed by atoms with Crippen molar-refractivity contribution in [2.24, 2.45) is 7.05 Å². The van der Waals surface area contributed by atoms with Crippen LogP contribution >= 0.6 is 0 Å². The molecule has 0 spiro atoms. The van der Waals surface area contributed by atoms with Gasteiger partial charge < -0.3 is 14.6 Å². The molecule has 0 aliphatic rings. The van der Waals surface area contributed by atoms with E-state index < -0.39 is 0 Å². The molecular formula is C19H18N2O3. The third kappa shape index (κ3) is 2.76. The average Bonchev–Trinajstić information content (AvgIpc) is 2.92. The van der Waals surface area contributed by atoms with E-state index in [1.54, 1.807) is 35.9 Å². The first-order chi connectivity index (χ1) is 11.5. The van der Waals surface area contributed by atoms with E-state index in [-0.39, 0.29) is 11.7 Å². The molecule has 0 aliphatic heterocycles. The number of amides is 1. The maximum Gasteiger partial charge on any atom is 0.272 e. The van der Waals surface area contributed by atoms with Crippen molar-refractivity contribution in [1.29, 1.82) is 0 Å². The normalized spacial score (nSPS) is 10.6. The van der Waals surface area contributed by atoms with Crippen molar-refractivity contribution >= 4 is 28.3 Å². The summed E-state index contributed by atoms with van der Waals surface area (Å²) in [6.45, 7) is 1.50. The number of para-hydroxylation sites is 1. The molecule has 24 heavy (non-hydrogen) atoms. The average molecular weight is 322 g/mol. The zero-order chi connectivity index (χ0) is 17.3. The number of rotatable bonds is 4. The number of ether oxygens (including phenoxy) is 1. The number of ketones is 1. The molecule has 0 saturated carbocycles. The Labute approximate surface area is 139 Å². The molecule has 0 atom stereocenters. The van der Waals surface area contributed by atoms with Crippen molar-refractivity contribution in [2.75, 3.05) is 12.4 Å². The summed E-state index contributed by atoms with van der Waals surface area (Å²) >= 11 is 0. The van der Waals surface area contributed by atoms with Gasteiger partial charge in [0.2, 0.25) is 0 Å². The van der Waals surface area contributed by atoms with E-state index in [0.29, 0.717) is 22.7 Å². The number of aromatic nitrogens is 1. The lowest BCUT2D eigenvalue weighted by Gasteiger charge is -2.09. The SMILES string of the molecule is COc1cccc2cc(C(=O)Nc3cccc(C(C)=O)c3)n(C)c12. The summed E-state index contributed by atoms with van der Waals surface area (Å²) in [4.78, 5) is 24.1. The number of Topliss-reactive ketones (excluding diaryl/α,β-unsaturated/α-hetero) is 1. The minimum absolute atomic E-state index is 0.0413. The van der Waals surface area contributed by atoms with Crippen molar-refractivity contribution in [3.8, 4) is 5.75 Å². The van der Waals surface area contributed by atoms with Gasteiger partial charge in [-0.25, -0.2) is 0 Å². The van der Waals surface area contributed by atoms with Crippen LogP contribution in [-0.4, -0.2) is 23.4 Å². The topological polar surface area (TPSA) is 60.3 Å². The van der Waals surface area contributed by atoms with Crippen molar-refractivity contribution in [3.05, 3.63) is 59.8 Å². The van der Waals surface area contributed by atoms with Gasteiger partial charge in [0.05, 0.1) is 12.6 Å². The maximum atomic E-state index is 12.6. The zero-order valence-electron chi connectivity index (χ0n) is 13.8. The predicted molar refractivity (Wildman–Crippen MR) is 93.9 cm³/mol. The van der Waals surface area contributed by atoms with Crippen molar-refractivity contribution < 1.29 is 14.3 Å². The van der Waals surface area contributed by atoms with Crippen LogP contribution in [0, 0.1) is 0 Å². The number of methoxy groups -OCH3 is 1. The highest BCUT2D eigenvalue weighted by molar-refractivity contribution is 6.07. The van der Waals surface area contributed by atoms with Crippen LogP contribution in [0.4, 0.5) is 5.69 Å². The van der Waals surface area contributed by atoms with E-state index in [4.69, 9.17) is 4.74 Å². The predicted octanol–water partition coefficient (Wildman–Crippen LogP) is 3.64. The van der Waals surface area contributed by atoms with E-state index >= 15 is 0 Å². The summed E-state index contributed by atoms with van der Waals surface area (Å²) in [5, 5.41) is 3.77. The number of hydrogen-bond donors (Lipinski definition) is 1. The third-order valence-electron chi connectivity index (χ3n) is 4.00. The molecule has 3 rings (SSSR count). The Hall–Kier alpha value is -3.08. The zero-order valence-corrected chi connectivity index (χ0v) is 13.8. The number of hydrogen-bond acceptors (Lipinski definition) is 3. The Morgan fingerprint density at radius 2 is 1.83 bits per heavy atom. The molecule has 3 aromatic rings. The lowest BCUT2D eigenvalue weighted by molar-refractivity contribution is 0.100. The molecule has 0 unspecified atom stereocenters. The number of carbonyl (C=O) groups excluding carboxylic acids is 2. The number of nitrogens with zero attached hydrogens (tertiary/aromatic N) is 1. The Kier molecular flexibility index (Phi) is 4.08. The number of aryl methyl sites for hydroxylation is 1. The quantitative estimate of drug-likeness (QED) is 0.746. The van der Waals surface area contributed by atoms with Gasteiger partial charge in [-0.2, -0.15) is 0 Å². The molecule has 2 aromatic carbocycles. The molecule has 1 heterocycles. The van der Waals surface area contributed by atoms with Gasteiger partial charge in [-0.05, 0) is 31.2 Å². The van der Waals surface area contributed by atoms with Gasteiger partial charge >= 0.3 is 0 Å². The first-order valence-corrected chi connectivity index (χ1v) is 7.56. The summed E-state index contributed by atoms with van der Waals surface area (Å²) in [6, 6.07) is 14.4. The number of benzene rings is 2. The second kappa shape index (κ2) is 6.20. The van der Waals surface area contributed by atoms with Crippen LogP contribution < -0.4 is 10.1 Å². The Morgan fingerprint density at radius 1 is 1.08 bits per heavy atom. The van der Waals surface area contributed by atoms with Gasteiger partial charge in [-0.3, -0.25) is 9.59 Å². The Balaban J connectivity index is 1.96. The minimum atomic E-state index is -0.239. The fourth-order valence-corrected chi connectivity index (χ4v) is 2.77. The number of anilines is 1. The summed E-state index contributed by atoms with van der Waals surface area (Å²) in [5.74, 6) is 0.435. The number of carbonyl (C=O) groups is 2. The fraction of sp³-hybridized carbons (Fsp3) is 0.158. The molecule has 122 valence electrons. The van der Waals surface area contributed by atoms with Gasteiger partial charge in [-0.1, -0.05) is 24.3 Å². The molecule has 0 aliphatic carbocycles. The van der Waals surface area contributed by atoms with Gasteiger partial charge in [-0.15, -0.1) is 0 Å².